The van der Waals surface area contributed by atoms with Crippen molar-refractivity contribution in [1.82, 2.24) is 4.90 Å². The van der Waals surface area contributed by atoms with Crippen LogP contribution in [0.2, 0.25) is 0 Å². The second-order valence-corrected chi connectivity index (χ2v) is 4.35. The fourth-order valence-electron chi connectivity index (χ4n) is 2.15. The van der Waals surface area contributed by atoms with Gasteiger partial charge in [-0.05, 0) is 5.56 Å². The van der Waals surface area contributed by atoms with Crippen LogP contribution < -0.4 is 5.73 Å². The predicted octanol–water partition coefficient (Wildman–Crippen LogP) is 1.71. The molecule has 1 heterocycles. The maximum absolute atomic E-state index is 13.4. The monoisotopic (exact) mass is 226 g/mol. The van der Waals surface area contributed by atoms with Gasteiger partial charge in [0.1, 0.15) is 0 Å². The van der Waals surface area contributed by atoms with Crippen LogP contribution in [0.4, 0.5) is 8.78 Å². The van der Waals surface area contributed by atoms with Gasteiger partial charge in [0.05, 0.1) is 6.54 Å². The Labute approximate surface area is 94.0 Å². The molecule has 88 valence electrons. The van der Waals surface area contributed by atoms with Crippen molar-refractivity contribution in [2.24, 2.45) is 11.7 Å². The van der Waals surface area contributed by atoms with Crippen molar-refractivity contribution in [2.75, 3.05) is 19.6 Å². The molecule has 1 aromatic rings. The van der Waals surface area contributed by atoms with Gasteiger partial charge in [-0.1, -0.05) is 30.3 Å². The molecule has 2 rings (SSSR count). The molecular weight excluding hydrogens is 210 g/mol. The Hall–Kier alpha value is -1.00. The van der Waals surface area contributed by atoms with Crippen molar-refractivity contribution < 1.29 is 8.78 Å². The minimum atomic E-state index is -2.64. The number of hydrogen-bond acceptors (Lipinski definition) is 2. The zero-order valence-electron chi connectivity index (χ0n) is 9.07. The normalized spacial score (nSPS) is 24.8. The third-order valence-corrected chi connectivity index (χ3v) is 3.04. The van der Waals surface area contributed by atoms with Crippen molar-refractivity contribution >= 4 is 0 Å². The third kappa shape index (κ3) is 2.39. The van der Waals surface area contributed by atoms with Gasteiger partial charge in [0.15, 0.2) is 0 Å². The molecule has 16 heavy (non-hydrogen) atoms. The number of benzene rings is 1. The molecule has 1 aromatic carbocycles. The summed E-state index contributed by atoms with van der Waals surface area (Å²) in [7, 11) is 0. The first-order chi connectivity index (χ1) is 7.62. The van der Waals surface area contributed by atoms with Crippen molar-refractivity contribution in [3.63, 3.8) is 0 Å². The number of alkyl halides is 2. The first-order valence-electron chi connectivity index (χ1n) is 5.46. The highest BCUT2D eigenvalue weighted by molar-refractivity contribution is 5.15. The van der Waals surface area contributed by atoms with E-state index in [2.05, 4.69) is 0 Å². The van der Waals surface area contributed by atoms with Crippen LogP contribution in [-0.4, -0.2) is 30.5 Å². The van der Waals surface area contributed by atoms with E-state index < -0.39 is 11.8 Å². The van der Waals surface area contributed by atoms with E-state index in [1.807, 2.05) is 30.3 Å². The van der Waals surface area contributed by atoms with E-state index in [-0.39, 0.29) is 13.1 Å². The number of halogens is 2. The Kier molecular flexibility index (Phi) is 3.21. The lowest BCUT2D eigenvalue weighted by atomic mass is 10.1. The zero-order chi connectivity index (χ0) is 11.6. The summed E-state index contributed by atoms with van der Waals surface area (Å²) in [5, 5.41) is 0. The van der Waals surface area contributed by atoms with Crippen LogP contribution in [-0.2, 0) is 6.54 Å². The van der Waals surface area contributed by atoms with Crippen LogP contribution in [0.5, 0.6) is 0 Å². The van der Waals surface area contributed by atoms with Crippen LogP contribution in [0.15, 0.2) is 30.3 Å². The molecular formula is C12H16F2N2. The number of nitrogens with zero attached hydrogens (tertiary/aromatic N) is 1. The average molecular weight is 226 g/mol. The highest BCUT2D eigenvalue weighted by Crippen LogP contribution is 2.32. The quantitative estimate of drug-likeness (QED) is 0.850. The molecule has 2 nitrogen and oxygen atoms in total. The number of nitrogens with two attached hydrogens (primary N) is 1. The van der Waals surface area contributed by atoms with Gasteiger partial charge in [-0.2, -0.15) is 0 Å². The van der Waals surface area contributed by atoms with Gasteiger partial charge in [0.2, 0.25) is 0 Å². The largest absolute Gasteiger partial charge is 0.330 e. The van der Waals surface area contributed by atoms with Gasteiger partial charge in [0.25, 0.3) is 5.92 Å². The number of hydrogen-bond donors (Lipinski definition) is 1. The van der Waals surface area contributed by atoms with E-state index >= 15 is 0 Å². The Bertz CT molecular complexity index is 340. The summed E-state index contributed by atoms with van der Waals surface area (Å²) < 4.78 is 26.9. The SMILES string of the molecule is NCC1CN(Cc2ccccc2)CC1(F)F. The van der Waals surface area contributed by atoms with E-state index in [1.165, 1.54) is 0 Å². The van der Waals surface area contributed by atoms with E-state index in [0.717, 1.165) is 5.56 Å². The summed E-state index contributed by atoms with van der Waals surface area (Å²) in [6, 6.07) is 9.67. The fourth-order valence-corrected chi connectivity index (χ4v) is 2.15. The molecule has 0 aliphatic carbocycles. The Morgan fingerprint density at radius 2 is 2.00 bits per heavy atom. The smallest absolute Gasteiger partial charge is 0.265 e. The summed E-state index contributed by atoms with van der Waals surface area (Å²) in [5.41, 5.74) is 6.42. The summed E-state index contributed by atoms with van der Waals surface area (Å²) in [6.07, 6.45) is 0. The molecule has 2 N–H and O–H groups in total. The topological polar surface area (TPSA) is 29.3 Å². The zero-order valence-corrected chi connectivity index (χ0v) is 9.07. The average Bonchev–Trinajstić information content (AvgIpc) is 2.54. The van der Waals surface area contributed by atoms with Gasteiger partial charge in [0, 0.05) is 25.6 Å². The molecule has 0 bridgehead atoms. The summed E-state index contributed by atoms with van der Waals surface area (Å²) in [6.45, 7) is 0.841. The molecule has 0 amide bonds. The molecule has 0 radical (unpaired) electrons. The molecule has 1 aliphatic rings. The highest BCUT2D eigenvalue weighted by atomic mass is 19.3. The van der Waals surface area contributed by atoms with Crippen molar-refractivity contribution in [1.29, 1.82) is 0 Å². The van der Waals surface area contributed by atoms with Crippen LogP contribution in [0.1, 0.15) is 5.56 Å². The predicted molar refractivity (Wildman–Crippen MR) is 59.2 cm³/mol. The second kappa shape index (κ2) is 4.47. The summed E-state index contributed by atoms with van der Waals surface area (Å²) >= 11 is 0. The van der Waals surface area contributed by atoms with Crippen molar-refractivity contribution in [3.05, 3.63) is 35.9 Å². The third-order valence-electron chi connectivity index (χ3n) is 3.04. The summed E-state index contributed by atoms with van der Waals surface area (Å²) in [5.74, 6) is -3.33. The molecule has 0 saturated carbocycles. The van der Waals surface area contributed by atoms with Crippen molar-refractivity contribution in [2.45, 2.75) is 12.5 Å². The van der Waals surface area contributed by atoms with Gasteiger partial charge in [-0.3, -0.25) is 4.90 Å². The standard InChI is InChI=1S/C12H16F2N2/c13-12(14)9-16(8-11(12)6-15)7-10-4-2-1-3-5-10/h1-5,11H,6-9,15H2. The second-order valence-electron chi connectivity index (χ2n) is 4.35. The fraction of sp³-hybridized carbons (Fsp3) is 0.500. The van der Waals surface area contributed by atoms with E-state index in [0.29, 0.717) is 13.1 Å². The van der Waals surface area contributed by atoms with E-state index in [9.17, 15) is 8.78 Å². The number of likely N-dealkylation sites (tertiary alicyclic amines) is 1. The Morgan fingerprint density at radius 3 is 2.56 bits per heavy atom. The van der Waals surface area contributed by atoms with Gasteiger partial charge < -0.3 is 5.73 Å². The Balaban J connectivity index is 1.99. The molecule has 1 fully saturated rings. The maximum atomic E-state index is 13.4. The minimum absolute atomic E-state index is 0.0539. The first kappa shape index (κ1) is 11.5. The lowest BCUT2D eigenvalue weighted by Gasteiger charge is -2.15. The molecule has 1 unspecified atom stereocenters. The van der Waals surface area contributed by atoms with E-state index in [1.54, 1.807) is 4.90 Å². The molecule has 0 spiro atoms. The highest BCUT2D eigenvalue weighted by Gasteiger charge is 2.46. The Morgan fingerprint density at radius 1 is 1.31 bits per heavy atom. The lowest BCUT2D eigenvalue weighted by molar-refractivity contribution is -0.0241. The van der Waals surface area contributed by atoms with Crippen molar-refractivity contribution in [3.8, 4) is 0 Å². The maximum Gasteiger partial charge on any atom is 0.265 e. The molecule has 1 atom stereocenters. The summed E-state index contributed by atoms with van der Waals surface area (Å²) in [4.78, 5) is 1.77. The van der Waals surface area contributed by atoms with Crippen LogP contribution in [0, 0.1) is 5.92 Å². The minimum Gasteiger partial charge on any atom is -0.330 e. The van der Waals surface area contributed by atoms with E-state index in [4.69, 9.17) is 5.73 Å². The lowest BCUT2D eigenvalue weighted by Crippen LogP contribution is -2.32. The molecule has 1 aliphatic heterocycles. The van der Waals surface area contributed by atoms with Gasteiger partial charge >= 0.3 is 0 Å². The first-order valence-corrected chi connectivity index (χ1v) is 5.46. The van der Waals surface area contributed by atoms with Crippen LogP contribution in [0.3, 0.4) is 0 Å². The number of rotatable bonds is 3. The van der Waals surface area contributed by atoms with Crippen LogP contribution in [0.25, 0.3) is 0 Å². The molecule has 0 aromatic heterocycles. The molecule has 1 saturated heterocycles. The van der Waals surface area contributed by atoms with Gasteiger partial charge in [-0.15, -0.1) is 0 Å². The molecule has 4 heteroatoms. The van der Waals surface area contributed by atoms with Gasteiger partial charge in [-0.25, -0.2) is 8.78 Å². The van der Waals surface area contributed by atoms with Crippen LogP contribution >= 0.6 is 0 Å².